The first-order valence-electron chi connectivity index (χ1n) is 8.10. The van der Waals surface area contributed by atoms with E-state index < -0.39 is 0 Å². The van der Waals surface area contributed by atoms with E-state index in [4.69, 9.17) is 0 Å². The van der Waals surface area contributed by atoms with E-state index in [1.807, 2.05) is 56.3 Å². The molecule has 2 heterocycles. The van der Waals surface area contributed by atoms with Crippen LogP contribution in [0, 0.1) is 19.8 Å². The molecule has 1 fully saturated rings. The summed E-state index contributed by atoms with van der Waals surface area (Å²) >= 11 is 0. The zero-order valence-electron chi connectivity index (χ0n) is 14.0. The Morgan fingerprint density at radius 1 is 1.21 bits per heavy atom. The number of nitrogens with one attached hydrogen (secondary N) is 1. The summed E-state index contributed by atoms with van der Waals surface area (Å²) in [6.07, 6.45) is 0.251. The minimum atomic E-state index is -0.316. The van der Waals surface area contributed by atoms with Crippen molar-refractivity contribution < 1.29 is 9.59 Å². The maximum Gasteiger partial charge on any atom is 0.227 e. The topological polar surface area (TPSA) is 62.3 Å². The molecular weight excluding hydrogens is 302 g/mol. The van der Waals surface area contributed by atoms with Crippen LogP contribution in [0.1, 0.15) is 23.4 Å². The number of hydrogen-bond acceptors (Lipinski definition) is 3. The number of carbonyl (C=O) groups excluding carboxylic acids is 2. The number of anilines is 1. The number of hydrogen-bond donors (Lipinski definition) is 1. The average Bonchev–Trinajstić information content (AvgIpc) is 2.95. The number of benzene rings is 1. The lowest BCUT2D eigenvalue weighted by molar-refractivity contribution is -0.126. The van der Waals surface area contributed by atoms with Crippen LogP contribution in [0.25, 0.3) is 0 Å². The van der Waals surface area contributed by atoms with Gasteiger partial charge in [-0.15, -0.1) is 0 Å². The van der Waals surface area contributed by atoms with Gasteiger partial charge >= 0.3 is 0 Å². The Bertz CT molecular complexity index is 755. The molecule has 24 heavy (non-hydrogen) atoms. The molecule has 0 aliphatic carbocycles. The summed E-state index contributed by atoms with van der Waals surface area (Å²) < 4.78 is 0. The van der Waals surface area contributed by atoms with Crippen LogP contribution >= 0.6 is 0 Å². The van der Waals surface area contributed by atoms with Gasteiger partial charge in [0.05, 0.1) is 18.2 Å². The Labute approximate surface area is 141 Å². The molecule has 1 aliphatic rings. The van der Waals surface area contributed by atoms with Gasteiger partial charge in [0.15, 0.2) is 0 Å². The van der Waals surface area contributed by atoms with E-state index in [9.17, 15) is 9.59 Å². The number of rotatable bonds is 4. The standard InChI is InChI=1S/C19H21N3O2/c1-13-6-8-17(9-7-13)22-12-15(10-18(22)23)19(24)20-11-16-5-3-4-14(2)21-16/h3-9,15H,10-12H2,1-2H3,(H,20,24). The van der Waals surface area contributed by atoms with Crippen molar-refractivity contribution in [1.82, 2.24) is 10.3 Å². The number of aromatic nitrogens is 1. The second-order valence-electron chi connectivity index (χ2n) is 6.23. The SMILES string of the molecule is Cc1ccc(N2CC(C(=O)NCc3cccc(C)n3)CC2=O)cc1. The third-order valence-corrected chi connectivity index (χ3v) is 4.23. The maximum absolute atomic E-state index is 12.4. The van der Waals surface area contributed by atoms with Gasteiger partial charge in [0.25, 0.3) is 0 Å². The van der Waals surface area contributed by atoms with Gasteiger partial charge in [-0.3, -0.25) is 14.6 Å². The van der Waals surface area contributed by atoms with Gasteiger partial charge in [0, 0.05) is 24.3 Å². The fraction of sp³-hybridized carbons (Fsp3) is 0.316. The Kier molecular flexibility index (Phi) is 4.60. The van der Waals surface area contributed by atoms with Crippen LogP contribution in [0.3, 0.4) is 0 Å². The first-order valence-corrected chi connectivity index (χ1v) is 8.10. The van der Waals surface area contributed by atoms with Crippen LogP contribution < -0.4 is 10.2 Å². The molecular formula is C19H21N3O2. The van der Waals surface area contributed by atoms with Gasteiger partial charge in [0.1, 0.15) is 0 Å². The van der Waals surface area contributed by atoms with E-state index in [1.165, 1.54) is 0 Å². The summed E-state index contributed by atoms with van der Waals surface area (Å²) in [5.74, 6) is -0.419. The second kappa shape index (κ2) is 6.83. The Morgan fingerprint density at radius 2 is 1.96 bits per heavy atom. The summed E-state index contributed by atoms with van der Waals surface area (Å²) in [7, 11) is 0. The van der Waals surface area contributed by atoms with Crippen LogP contribution in [-0.4, -0.2) is 23.3 Å². The summed E-state index contributed by atoms with van der Waals surface area (Å²) in [5.41, 5.74) is 3.73. The quantitative estimate of drug-likeness (QED) is 0.939. The number of amides is 2. The summed E-state index contributed by atoms with van der Waals surface area (Å²) in [6, 6.07) is 13.5. The number of carbonyl (C=O) groups is 2. The third-order valence-electron chi connectivity index (χ3n) is 4.23. The molecule has 5 nitrogen and oxygen atoms in total. The summed E-state index contributed by atoms with van der Waals surface area (Å²) in [5, 5.41) is 2.89. The molecule has 0 spiro atoms. The monoisotopic (exact) mass is 323 g/mol. The lowest BCUT2D eigenvalue weighted by Crippen LogP contribution is -2.32. The van der Waals surface area contributed by atoms with Crippen LogP contribution in [0.5, 0.6) is 0 Å². The van der Waals surface area contributed by atoms with Gasteiger partial charge in [-0.1, -0.05) is 23.8 Å². The molecule has 1 aliphatic heterocycles. The molecule has 1 N–H and O–H groups in total. The molecule has 0 radical (unpaired) electrons. The van der Waals surface area contributed by atoms with E-state index >= 15 is 0 Å². The minimum absolute atomic E-state index is 0.00677. The highest BCUT2D eigenvalue weighted by molar-refractivity contribution is 6.00. The fourth-order valence-electron chi connectivity index (χ4n) is 2.88. The van der Waals surface area contributed by atoms with E-state index in [2.05, 4.69) is 10.3 Å². The zero-order chi connectivity index (χ0) is 17.1. The van der Waals surface area contributed by atoms with Crippen molar-refractivity contribution >= 4 is 17.5 Å². The lowest BCUT2D eigenvalue weighted by Gasteiger charge is -2.17. The molecule has 1 aromatic heterocycles. The Morgan fingerprint density at radius 3 is 2.67 bits per heavy atom. The fourth-order valence-corrected chi connectivity index (χ4v) is 2.88. The van der Waals surface area contributed by atoms with Crippen LogP contribution in [0.4, 0.5) is 5.69 Å². The van der Waals surface area contributed by atoms with Crippen molar-refractivity contribution in [2.75, 3.05) is 11.4 Å². The molecule has 1 saturated heterocycles. The lowest BCUT2D eigenvalue weighted by atomic mass is 10.1. The van der Waals surface area contributed by atoms with Gasteiger partial charge in [-0.25, -0.2) is 0 Å². The molecule has 0 saturated carbocycles. The normalized spacial score (nSPS) is 17.2. The largest absolute Gasteiger partial charge is 0.350 e. The molecule has 2 amide bonds. The Balaban J connectivity index is 1.60. The van der Waals surface area contributed by atoms with Crippen molar-refractivity contribution in [2.45, 2.75) is 26.8 Å². The highest BCUT2D eigenvalue weighted by Gasteiger charge is 2.34. The van der Waals surface area contributed by atoms with Gasteiger partial charge in [0.2, 0.25) is 11.8 Å². The second-order valence-corrected chi connectivity index (χ2v) is 6.23. The molecule has 1 aromatic carbocycles. The smallest absolute Gasteiger partial charge is 0.227 e. The molecule has 124 valence electrons. The zero-order valence-corrected chi connectivity index (χ0v) is 14.0. The highest BCUT2D eigenvalue weighted by atomic mass is 16.2. The van der Waals surface area contributed by atoms with Gasteiger partial charge < -0.3 is 10.2 Å². The van der Waals surface area contributed by atoms with Crippen molar-refractivity contribution in [3.05, 3.63) is 59.4 Å². The molecule has 1 atom stereocenters. The predicted molar refractivity (Wildman–Crippen MR) is 92.5 cm³/mol. The van der Waals surface area contributed by atoms with Crippen LogP contribution in [0.15, 0.2) is 42.5 Å². The Hall–Kier alpha value is -2.69. The van der Waals surface area contributed by atoms with Crippen LogP contribution in [0.2, 0.25) is 0 Å². The first-order chi connectivity index (χ1) is 11.5. The van der Waals surface area contributed by atoms with Crippen molar-refractivity contribution in [1.29, 1.82) is 0 Å². The molecule has 2 aromatic rings. The highest BCUT2D eigenvalue weighted by Crippen LogP contribution is 2.25. The first kappa shape index (κ1) is 16.2. The molecule has 3 rings (SSSR count). The van der Waals surface area contributed by atoms with E-state index in [0.29, 0.717) is 13.1 Å². The number of aryl methyl sites for hydroxylation is 2. The molecule has 5 heteroatoms. The minimum Gasteiger partial charge on any atom is -0.350 e. The molecule has 1 unspecified atom stereocenters. The van der Waals surface area contributed by atoms with E-state index in [-0.39, 0.29) is 24.2 Å². The van der Waals surface area contributed by atoms with Crippen molar-refractivity contribution in [2.24, 2.45) is 5.92 Å². The third kappa shape index (κ3) is 3.62. The van der Waals surface area contributed by atoms with E-state index in [1.54, 1.807) is 4.90 Å². The summed E-state index contributed by atoms with van der Waals surface area (Å²) in [4.78, 5) is 30.6. The van der Waals surface area contributed by atoms with Crippen molar-refractivity contribution in [3.8, 4) is 0 Å². The predicted octanol–water partition coefficient (Wildman–Crippen LogP) is 2.37. The van der Waals surface area contributed by atoms with Crippen LogP contribution in [-0.2, 0) is 16.1 Å². The molecule has 0 bridgehead atoms. The van der Waals surface area contributed by atoms with E-state index in [0.717, 1.165) is 22.6 Å². The average molecular weight is 323 g/mol. The number of pyridine rings is 1. The van der Waals surface area contributed by atoms with Crippen molar-refractivity contribution in [3.63, 3.8) is 0 Å². The van der Waals surface area contributed by atoms with Gasteiger partial charge in [-0.2, -0.15) is 0 Å². The summed E-state index contributed by atoms with van der Waals surface area (Å²) in [6.45, 7) is 4.73. The van der Waals surface area contributed by atoms with Gasteiger partial charge in [-0.05, 0) is 38.1 Å². The maximum atomic E-state index is 12.4. The number of nitrogens with zero attached hydrogens (tertiary/aromatic N) is 2.